The molecule has 0 aliphatic carbocycles. The number of nitrogens with zero attached hydrogens (tertiary/aromatic N) is 3. The molecule has 140 valence electrons. The molecule has 0 radical (unpaired) electrons. The van der Waals surface area contributed by atoms with Gasteiger partial charge in [-0.05, 0) is 31.9 Å². The lowest BCUT2D eigenvalue weighted by molar-refractivity contribution is 0.0958. The van der Waals surface area contributed by atoms with Gasteiger partial charge in [-0.3, -0.25) is 9.79 Å². The number of halogens is 1. The molecule has 26 heavy (non-hydrogen) atoms. The highest BCUT2D eigenvalue weighted by Crippen LogP contribution is 2.27. The van der Waals surface area contributed by atoms with E-state index in [9.17, 15) is 4.79 Å². The van der Waals surface area contributed by atoms with Crippen LogP contribution in [0.5, 0.6) is 0 Å². The van der Waals surface area contributed by atoms with Crippen LogP contribution in [0, 0.1) is 6.92 Å². The van der Waals surface area contributed by atoms with Crippen molar-refractivity contribution < 1.29 is 4.79 Å². The van der Waals surface area contributed by atoms with Crippen LogP contribution in [0.15, 0.2) is 34.8 Å². The van der Waals surface area contributed by atoms with E-state index in [-0.39, 0.29) is 29.9 Å². The van der Waals surface area contributed by atoms with E-state index in [1.165, 1.54) is 22.6 Å². The van der Waals surface area contributed by atoms with Crippen LogP contribution in [-0.2, 0) is 6.42 Å². The number of aryl methyl sites for hydroxylation is 1. The second-order valence-corrected chi connectivity index (χ2v) is 6.64. The Morgan fingerprint density at radius 2 is 2.15 bits per heavy atom. The Bertz CT molecular complexity index is 776. The van der Waals surface area contributed by atoms with Crippen molar-refractivity contribution in [1.29, 1.82) is 0 Å². The zero-order chi connectivity index (χ0) is 17.6. The molecule has 0 atom stereocenters. The van der Waals surface area contributed by atoms with E-state index < -0.39 is 0 Å². The second-order valence-electron chi connectivity index (χ2n) is 5.79. The molecule has 2 N–H and O–H groups in total. The van der Waals surface area contributed by atoms with Gasteiger partial charge in [0.25, 0.3) is 5.91 Å². The standard InChI is InChI=1S/C18H23N5OS.HI/c1-3-19-18(23-11-8-14-6-4-5-7-15(14)23)21-10-9-20-17(24)16-13(2)22-12-25-16;/h4-7,12H,3,8-11H2,1-2H3,(H,19,21)(H,20,24);1H. The van der Waals surface area contributed by atoms with Gasteiger partial charge in [-0.25, -0.2) is 4.98 Å². The maximum Gasteiger partial charge on any atom is 0.263 e. The van der Waals surface area contributed by atoms with E-state index in [0.29, 0.717) is 18.0 Å². The van der Waals surface area contributed by atoms with Gasteiger partial charge in [0.2, 0.25) is 0 Å². The van der Waals surface area contributed by atoms with Crippen molar-refractivity contribution in [2.45, 2.75) is 20.3 Å². The predicted molar refractivity (Wildman–Crippen MR) is 118 cm³/mol. The van der Waals surface area contributed by atoms with Crippen LogP contribution in [-0.4, -0.2) is 43.0 Å². The minimum atomic E-state index is -0.0771. The van der Waals surface area contributed by atoms with Gasteiger partial charge in [0.15, 0.2) is 5.96 Å². The number of para-hydroxylation sites is 1. The molecule has 8 heteroatoms. The van der Waals surface area contributed by atoms with E-state index in [1.54, 1.807) is 5.51 Å². The minimum Gasteiger partial charge on any atom is -0.356 e. The van der Waals surface area contributed by atoms with Crippen LogP contribution in [0.4, 0.5) is 5.69 Å². The quantitative estimate of drug-likeness (QED) is 0.296. The van der Waals surface area contributed by atoms with Crippen LogP contribution in [0.2, 0.25) is 0 Å². The first-order valence-corrected chi connectivity index (χ1v) is 9.40. The van der Waals surface area contributed by atoms with Crippen LogP contribution >= 0.6 is 35.3 Å². The van der Waals surface area contributed by atoms with Crippen molar-refractivity contribution >= 4 is 52.9 Å². The summed E-state index contributed by atoms with van der Waals surface area (Å²) in [5.41, 5.74) is 5.03. The number of guanidine groups is 1. The van der Waals surface area contributed by atoms with E-state index in [2.05, 4.69) is 56.7 Å². The Morgan fingerprint density at radius 1 is 1.35 bits per heavy atom. The third-order valence-corrected chi connectivity index (χ3v) is 5.02. The largest absolute Gasteiger partial charge is 0.356 e. The molecule has 6 nitrogen and oxygen atoms in total. The minimum absolute atomic E-state index is 0. The third-order valence-electron chi connectivity index (χ3n) is 4.09. The van der Waals surface area contributed by atoms with Gasteiger partial charge >= 0.3 is 0 Å². The lowest BCUT2D eigenvalue weighted by Gasteiger charge is -2.22. The molecule has 0 saturated heterocycles. The molecule has 1 aliphatic heterocycles. The number of thiazole rings is 1. The van der Waals surface area contributed by atoms with Gasteiger partial charge in [-0.2, -0.15) is 0 Å². The monoisotopic (exact) mass is 485 g/mol. The molecule has 0 unspecified atom stereocenters. The lowest BCUT2D eigenvalue weighted by atomic mass is 10.2. The van der Waals surface area contributed by atoms with Crippen LogP contribution < -0.4 is 15.5 Å². The number of benzene rings is 1. The zero-order valence-corrected chi connectivity index (χ0v) is 18.1. The van der Waals surface area contributed by atoms with Crippen LogP contribution in [0.3, 0.4) is 0 Å². The highest BCUT2D eigenvalue weighted by atomic mass is 127. The first-order valence-electron chi connectivity index (χ1n) is 8.52. The van der Waals surface area contributed by atoms with Crippen molar-refractivity contribution in [2.75, 3.05) is 31.1 Å². The van der Waals surface area contributed by atoms with E-state index in [4.69, 9.17) is 0 Å². The Balaban J connectivity index is 0.00000243. The molecule has 1 aromatic carbocycles. The first kappa shape index (κ1) is 20.6. The summed E-state index contributed by atoms with van der Waals surface area (Å²) < 4.78 is 0. The molecule has 0 bridgehead atoms. The number of hydrogen-bond donors (Lipinski definition) is 2. The number of aliphatic imine (C=N–C) groups is 1. The van der Waals surface area contributed by atoms with Crippen LogP contribution in [0.25, 0.3) is 0 Å². The normalized spacial score (nSPS) is 13.2. The Labute approximate surface area is 175 Å². The maximum atomic E-state index is 12.1. The van der Waals surface area contributed by atoms with Gasteiger partial charge in [-0.1, -0.05) is 18.2 Å². The summed E-state index contributed by atoms with van der Waals surface area (Å²) in [5.74, 6) is 0.794. The van der Waals surface area contributed by atoms with Gasteiger partial charge in [0.1, 0.15) is 4.88 Å². The van der Waals surface area contributed by atoms with Gasteiger partial charge < -0.3 is 15.5 Å². The number of anilines is 1. The summed E-state index contributed by atoms with van der Waals surface area (Å²) in [6.45, 7) is 6.68. The molecule has 1 aliphatic rings. The molecular weight excluding hydrogens is 461 g/mol. The van der Waals surface area contributed by atoms with Crippen molar-refractivity contribution in [3.05, 3.63) is 45.9 Å². The Hall–Kier alpha value is -1.68. The summed E-state index contributed by atoms with van der Waals surface area (Å²) in [5, 5.41) is 6.26. The average Bonchev–Trinajstić information content (AvgIpc) is 3.23. The average molecular weight is 485 g/mol. The molecule has 0 spiro atoms. The molecule has 0 saturated carbocycles. The number of carbonyl (C=O) groups is 1. The van der Waals surface area contributed by atoms with Crippen molar-refractivity contribution in [2.24, 2.45) is 4.99 Å². The zero-order valence-electron chi connectivity index (χ0n) is 15.0. The number of fused-ring (bicyclic) bond motifs is 1. The van der Waals surface area contributed by atoms with Gasteiger partial charge in [0.05, 0.1) is 17.7 Å². The number of rotatable bonds is 5. The first-order chi connectivity index (χ1) is 12.2. The van der Waals surface area contributed by atoms with Crippen molar-refractivity contribution in [3.8, 4) is 0 Å². The van der Waals surface area contributed by atoms with E-state index in [0.717, 1.165) is 31.2 Å². The predicted octanol–water partition coefficient (Wildman–Crippen LogP) is 2.83. The van der Waals surface area contributed by atoms with Gasteiger partial charge in [-0.15, -0.1) is 35.3 Å². The number of carbonyl (C=O) groups excluding carboxylic acids is 1. The molecule has 1 amide bonds. The van der Waals surface area contributed by atoms with Crippen molar-refractivity contribution in [3.63, 3.8) is 0 Å². The molecule has 3 rings (SSSR count). The van der Waals surface area contributed by atoms with Crippen LogP contribution in [0.1, 0.15) is 27.9 Å². The lowest BCUT2D eigenvalue weighted by Crippen LogP contribution is -2.41. The third kappa shape index (κ3) is 4.73. The van der Waals surface area contributed by atoms with E-state index in [1.807, 2.05) is 6.92 Å². The molecule has 0 fully saturated rings. The fraction of sp³-hybridized carbons (Fsp3) is 0.389. The Kier molecular flexibility index (Phi) is 7.83. The number of hydrogen-bond acceptors (Lipinski definition) is 4. The van der Waals surface area contributed by atoms with E-state index >= 15 is 0 Å². The van der Waals surface area contributed by atoms with Gasteiger partial charge in [0, 0.05) is 25.3 Å². The highest BCUT2D eigenvalue weighted by molar-refractivity contribution is 14.0. The fourth-order valence-electron chi connectivity index (χ4n) is 2.88. The van der Waals surface area contributed by atoms with Crippen molar-refractivity contribution in [1.82, 2.24) is 15.6 Å². The summed E-state index contributed by atoms with van der Waals surface area (Å²) >= 11 is 1.36. The fourth-order valence-corrected chi connectivity index (χ4v) is 3.60. The summed E-state index contributed by atoms with van der Waals surface area (Å²) in [7, 11) is 0. The molecule has 2 aromatic rings. The molecular formula is C18H24IN5OS. The summed E-state index contributed by atoms with van der Waals surface area (Å²) in [6.07, 6.45) is 1.03. The number of nitrogens with one attached hydrogen (secondary N) is 2. The SMILES string of the molecule is CCNC(=NCCNC(=O)c1scnc1C)N1CCc2ccccc21.I. The highest BCUT2D eigenvalue weighted by Gasteiger charge is 2.22. The topological polar surface area (TPSA) is 69.6 Å². The summed E-state index contributed by atoms with van der Waals surface area (Å²) in [4.78, 5) is 23.8. The molecule has 1 aromatic heterocycles. The smallest absolute Gasteiger partial charge is 0.263 e. The maximum absolute atomic E-state index is 12.1. The number of aromatic nitrogens is 1. The second kappa shape index (κ2) is 9.86. The Morgan fingerprint density at radius 3 is 2.88 bits per heavy atom. The molecule has 2 heterocycles. The number of amides is 1. The summed E-state index contributed by atoms with van der Waals surface area (Å²) in [6, 6.07) is 8.42.